The fourth-order valence-electron chi connectivity index (χ4n) is 4.91. The van der Waals surface area contributed by atoms with E-state index in [9.17, 15) is 4.79 Å². The van der Waals surface area contributed by atoms with E-state index in [1.54, 1.807) is 11.3 Å². The van der Waals surface area contributed by atoms with E-state index in [1.165, 1.54) is 19.3 Å². The van der Waals surface area contributed by atoms with Gasteiger partial charge >= 0.3 is 0 Å². The van der Waals surface area contributed by atoms with Gasteiger partial charge < -0.3 is 11.1 Å². The van der Waals surface area contributed by atoms with Crippen LogP contribution in [0.3, 0.4) is 0 Å². The Bertz CT molecular complexity index is 795. The quantitative estimate of drug-likeness (QED) is 0.742. The van der Waals surface area contributed by atoms with Gasteiger partial charge in [0.1, 0.15) is 5.01 Å². The van der Waals surface area contributed by atoms with Gasteiger partial charge in [-0.3, -0.25) is 4.79 Å². The third-order valence-electron chi connectivity index (χ3n) is 6.39. The van der Waals surface area contributed by atoms with Crippen LogP contribution in [0.1, 0.15) is 55.6 Å². The lowest BCUT2D eigenvalue weighted by molar-refractivity contribution is -0.128. The Balaban J connectivity index is 0.00000225. The lowest BCUT2D eigenvalue weighted by Crippen LogP contribution is -2.49. The van der Waals surface area contributed by atoms with E-state index in [0.29, 0.717) is 17.9 Å². The van der Waals surface area contributed by atoms with Crippen LogP contribution in [0.5, 0.6) is 0 Å². The van der Waals surface area contributed by atoms with Crippen molar-refractivity contribution in [2.45, 2.75) is 58.0 Å². The molecule has 2 bridgehead atoms. The van der Waals surface area contributed by atoms with Crippen LogP contribution in [0.25, 0.3) is 10.6 Å². The summed E-state index contributed by atoms with van der Waals surface area (Å²) in [6.07, 6.45) is 5.55. The Morgan fingerprint density at radius 2 is 1.86 bits per heavy atom. The highest BCUT2D eigenvalue weighted by molar-refractivity contribution is 7.15. The van der Waals surface area contributed by atoms with Gasteiger partial charge in [-0.15, -0.1) is 23.7 Å². The first-order valence-corrected chi connectivity index (χ1v) is 10.9. The molecule has 2 saturated carbocycles. The van der Waals surface area contributed by atoms with E-state index in [0.717, 1.165) is 34.0 Å². The summed E-state index contributed by atoms with van der Waals surface area (Å²) in [5, 5.41) is 4.28. The first kappa shape index (κ1) is 21.3. The minimum absolute atomic E-state index is 0. The Morgan fingerprint density at radius 1 is 1.21 bits per heavy atom. The number of hydrogen-bond acceptors (Lipinski definition) is 4. The number of carbonyl (C=O) groups is 1. The molecule has 152 valence electrons. The SMILES string of the molecule is Cc1nc(-c2ccccc2)sc1C(C)NC(=O)C1CC2CCCC(C1)C2N.Cl. The normalized spacial score (nSPS) is 27.5. The van der Waals surface area contributed by atoms with Crippen molar-refractivity contribution in [3.63, 3.8) is 0 Å². The fourth-order valence-corrected chi connectivity index (χ4v) is 5.99. The number of aryl methyl sites for hydroxylation is 1. The maximum absolute atomic E-state index is 12.9. The molecule has 3 unspecified atom stereocenters. The highest BCUT2D eigenvalue weighted by Crippen LogP contribution is 2.42. The molecule has 2 aliphatic rings. The van der Waals surface area contributed by atoms with Gasteiger partial charge in [0.2, 0.25) is 5.91 Å². The summed E-state index contributed by atoms with van der Waals surface area (Å²) in [7, 11) is 0. The molecular formula is C22H30ClN3OS. The number of nitrogens with one attached hydrogen (secondary N) is 1. The fraction of sp³-hybridized carbons (Fsp3) is 0.545. The number of nitrogens with two attached hydrogens (primary N) is 1. The maximum Gasteiger partial charge on any atom is 0.223 e. The van der Waals surface area contributed by atoms with Crippen molar-refractivity contribution in [1.82, 2.24) is 10.3 Å². The second kappa shape index (κ2) is 8.93. The highest BCUT2D eigenvalue weighted by atomic mass is 35.5. The molecule has 2 aliphatic carbocycles. The van der Waals surface area contributed by atoms with Crippen LogP contribution in [-0.4, -0.2) is 16.9 Å². The van der Waals surface area contributed by atoms with Crippen LogP contribution in [0.4, 0.5) is 0 Å². The number of nitrogens with zero attached hydrogens (tertiary/aromatic N) is 1. The van der Waals surface area contributed by atoms with Gasteiger partial charge in [-0.2, -0.15) is 0 Å². The Hall–Kier alpha value is -1.43. The first-order valence-electron chi connectivity index (χ1n) is 10.1. The second-order valence-electron chi connectivity index (χ2n) is 8.26. The zero-order valence-electron chi connectivity index (χ0n) is 16.6. The second-order valence-corrected chi connectivity index (χ2v) is 9.29. The molecule has 28 heavy (non-hydrogen) atoms. The van der Waals surface area contributed by atoms with Gasteiger partial charge in [0.25, 0.3) is 0 Å². The number of amides is 1. The molecule has 1 aromatic heterocycles. The van der Waals surface area contributed by atoms with E-state index in [2.05, 4.69) is 24.4 Å². The number of fused-ring (bicyclic) bond motifs is 2. The standard InChI is InChI=1S/C22H29N3OS.ClH/c1-13(20-14(2)25-22(27-20)15-7-4-3-5-8-15)24-21(26)18-11-16-9-6-10-17(12-18)19(16)23;/h3-5,7-8,13,16-19H,6,9-12,23H2,1-2H3,(H,24,26);1H. The van der Waals surface area contributed by atoms with Crippen LogP contribution in [0, 0.1) is 24.7 Å². The van der Waals surface area contributed by atoms with Gasteiger partial charge in [-0.05, 0) is 51.4 Å². The van der Waals surface area contributed by atoms with Crippen molar-refractivity contribution in [2.24, 2.45) is 23.5 Å². The molecule has 0 spiro atoms. The molecule has 1 heterocycles. The van der Waals surface area contributed by atoms with Crippen molar-refractivity contribution in [2.75, 3.05) is 0 Å². The number of rotatable bonds is 4. The number of carbonyl (C=O) groups excluding carboxylic acids is 1. The molecule has 6 heteroatoms. The number of halogens is 1. The molecule has 2 aromatic rings. The van der Waals surface area contributed by atoms with Crippen LogP contribution in [-0.2, 0) is 4.79 Å². The predicted molar refractivity (Wildman–Crippen MR) is 118 cm³/mol. The van der Waals surface area contributed by atoms with E-state index in [1.807, 2.05) is 25.1 Å². The summed E-state index contributed by atoms with van der Waals surface area (Å²) in [4.78, 5) is 18.8. The lowest BCUT2D eigenvalue weighted by Gasteiger charge is -2.43. The van der Waals surface area contributed by atoms with Gasteiger partial charge in [-0.1, -0.05) is 36.8 Å². The summed E-state index contributed by atoms with van der Waals surface area (Å²) >= 11 is 1.68. The monoisotopic (exact) mass is 419 g/mol. The van der Waals surface area contributed by atoms with Crippen molar-refractivity contribution in [1.29, 1.82) is 0 Å². The van der Waals surface area contributed by atoms with E-state index >= 15 is 0 Å². The molecule has 2 fully saturated rings. The Labute approximate surface area is 177 Å². The van der Waals surface area contributed by atoms with Gasteiger partial charge in [0.05, 0.1) is 16.6 Å². The van der Waals surface area contributed by atoms with Crippen LogP contribution in [0.2, 0.25) is 0 Å². The van der Waals surface area contributed by atoms with Gasteiger partial charge in [0, 0.05) is 17.5 Å². The third-order valence-corrected chi connectivity index (χ3v) is 7.78. The zero-order chi connectivity index (χ0) is 19.0. The first-order chi connectivity index (χ1) is 13.0. The maximum atomic E-state index is 12.9. The summed E-state index contributed by atoms with van der Waals surface area (Å²) < 4.78 is 0. The van der Waals surface area contributed by atoms with Crippen molar-refractivity contribution in [3.05, 3.63) is 40.9 Å². The minimum Gasteiger partial charge on any atom is -0.348 e. The minimum atomic E-state index is -0.0112. The van der Waals surface area contributed by atoms with E-state index in [4.69, 9.17) is 10.7 Å². The third kappa shape index (κ3) is 4.27. The van der Waals surface area contributed by atoms with Gasteiger partial charge in [-0.25, -0.2) is 4.98 Å². The largest absolute Gasteiger partial charge is 0.348 e. The van der Waals surface area contributed by atoms with Crippen molar-refractivity contribution in [3.8, 4) is 10.6 Å². The number of hydrogen-bond donors (Lipinski definition) is 2. The molecular weight excluding hydrogens is 390 g/mol. The lowest BCUT2D eigenvalue weighted by atomic mass is 9.65. The molecule has 4 rings (SSSR count). The number of aromatic nitrogens is 1. The van der Waals surface area contributed by atoms with Gasteiger partial charge in [0.15, 0.2) is 0 Å². The molecule has 1 aromatic carbocycles. The molecule has 4 nitrogen and oxygen atoms in total. The van der Waals surface area contributed by atoms with E-state index in [-0.39, 0.29) is 30.3 Å². The topological polar surface area (TPSA) is 68.0 Å². The number of thiazole rings is 1. The summed E-state index contributed by atoms with van der Waals surface area (Å²) in [6, 6.07) is 10.5. The Morgan fingerprint density at radius 3 is 2.50 bits per heavy atom. The highest BCUT2D eigenvalue weighted by Gasteiger charge is 2.40. The van der Waals surface area contributed by atoms with Crippen LogP contribution in [0.15, 0.2) is 30.3 Å². The number of benzene rings is 1. The smallest absolute Gasteiger partial charge is 0.223 e. The molecule has 3 N–H and O–H groups in total. The summed E-state index contributed by atoms with van der Waals surface area (Å²) in [5.41, 5.74) is 8.52. The molecule has 0 saturated heterocycles. The van der Waals surface area contributed by atoms with E-state index < -0.39 is 0 Å². The van der Waals surface area contributed by atoms with Crippen LogP contribution >= 0.6 is 23.7 Å². The Kier molecular flexibility index (Phi) is 6.79. The average Bonchev–Trinajstić information content (AvgIpc) is 3.04. The van der Waals surface area contributed by atoms with Crippen LogP contribution < -0.4 is 11.1 Å². The molecule has 0 radical (unpaired) electrons. The summed E-state index contributed by atoms with van der Waals surface area (Å²) in [5.74, 6) is 1.36. The zero-order valence-corrected chi connectivity index (χ0v) is 18.2. The average molecular weight is 420 g/mol. The van der Waals surface area contributed by atoms with Crippen molar-refractivity contribution < 1.29 is 4.79 Å². The predicted octanol–water partition coefficient (Wildman–Crippen LogP) is 4.87. The molecule has 0 aliphatic heterocycles. The molecule has 3 atom stereocenters. The van der Waals surface area contributed by atoms with Crippen molar-refractivity contribution >= 4 is 29.7 Å². The summed E-state index contributed by atoms with van der Waals surface area (Å²) in [6.45, 7) is 4.10. The molecule has 1 amide bonds.